The van der Waals surface area contributed by atoms with Crippen molar-refractivity contribution < 1.29 is 29.0 Å². The summed E-state index contributed by atoms with van der Waals surface area (Å²) < 4.78 is 11.5. The second-order valence-electron chi connectivity index (χ2n) is 11.0. The van der Waals surface area contributed by atoms with Gasteiger partial charge in [-0.15, -0.1) is 0 Å². The van der Waals surface area contributed by atoms with Crippen LogP contribution in [0.4, 0.5) is 0 Å². The monoisotopic (exact) mass is 504 g/mol. The van der Waals surface area contributed by atoms with E-state index in [1.165, 1.54) is 4.90 Å². The molecule has 1 saturated heterocycles. The largest absolute Gasteiger partial charge is 0.480 e. The number of aliphatic carboxylic acids is 1. The number of esters is 1. The molecule has 1 aliphatic rings. The van der Waals surface area contributed by atoms with E-state index >= 15 is 0 Å². The number of ether oxygens (including phenoxy) is 2. The summed E-state index contributed by atoms with van der Waals surface area (Å²) in [6.45, 7) is 10.9. The first-order chi connectivity index (χ1) is 16.2. The van der Waals surface area contributed by atoms with Gasteiger partial charge in [-0.25, -0.2) is 9.78 Å². The van der Waals surface area contributed by atoms with Gasteiger partial charge in [0.05, 0.1) is 18.9 Å². The number of hydrogen-bond donors (Lipinski definition) is 1. The average molecular weight is 505 g/mol. The van der Waals surface area contributed by atoms with E-state index < -0.39 is 46.9 Å². The van der Waals surface area contributed by atoms with Crippen LogP contribution in [0.25, 0.3) is 10.8 Å². The van der Waals surface area contributed by atoms with Crippen LogP contribution in [0.3, 0.4) is 0 Å². The number of likely N-dealkylation sites (tertiary alicyclic amines) is 1. The molecule has 1 fully saturated rings. The summed E-state index contributed by atoms with van der Waals surface area (Å²) in [5, 5.41) is 12.0. The van der Waals surface area contributed by atoms with E-state index in [0.717, 1.165) is 10.8 Å². The normalized spacial score (nSPS) is 19.5. The number of carbonyl (C=O) groups excluding carboxylic acids is 2. The number of amides is 1. The average Bonchev–Trinajstić information content (AvgIpc) is 3.13. The van der Waals surface area contributed by atoms with E-state index in [2.05, 4.69) is 4.98 Å². The summed E-state index contributed by atoms with van der Waals surface area (Å²) in [6.07, 6.45) is 0.989. The smallest absolute Gasteiger partial charge is 0.326 e. The number of carboxylic acid groups (broad SMARTS) is 1. The summed E-state index contributed by atoms with van der Waals surface area (Å²) in [7, 11) is 0. The van der Waals surface area contributed by atoms with Crippen LogP contribution in [-0.4, -0.2) is 57.1 Å². The predicted molar refractivity (Wildman–Crippen MR) is 132 cm³/mol. The molecule has 0 unspecified atom stereocenters. The Labute approximate surface area is 210 Å². The highest BCUT2D eigenvalue weighted by molar-refractivity contribution is 6.31. The lowest BCUT2D eigenvalue weighted by molar-refractivity contribution is -0.161. The van der Waals surface area contributed by atoms with Gasteiger partial charge in [-0.2, -0.15) is 0 Å². The fraction of sp³-hybridized carbons (Fsp3) is 0.538. The molecule has 0 radical (unpaired) electrons. The first kappa shape index (κ1) is 26.7. The SMILES string of the molecule is CC(C)(C)OC(=O)C[C@H](C(=O)N1C[C@H](Oc2nccc3cc(Cl)ccc23)C[C@H]1C(=O)O)C(C)(C)C. The first-order valence-corrected chi connectivity index (χ1v) is 12.0. The molecule has 8 nitrogen and oxygen atoms in total. The van der Waals surface area contributed by atoms with Crippen molar-refractivity contribution in [1.29, 1.82) is 0 Å². The van der Waals surface area contributed by atoms with E-state index in [9.17, 15) is 19.5 Å². The van der Waals surface area contributed by atoms with Crippen LogP contribution in [0.2, 0.25) is 5.02 Å². The number of benzene rings is 1. The summed E-state index contributed by atoms with van der Waals surface area (Å²) >= 11 is 6.08. The molecule has 0 spiro atoms. The van der Waals surface area contributed by atoms with E-state index in [1.807, 2.05) is 26.8 Å². The van der Waals surface area contributed by atoms with Gasteiger partial charge in [0.1, 0.15) is 17.7 Å². The van der Waals surface area contributed by atoms with Gasteiger partial charge in [-0.05, 0) is 55.8 Å². The summed E-state index contributed by atoms with van der Waals surface area (Å²) in [5.74, 6) is -2.42. The third kappa shape index (κ3) is 6.63. The van der Waals surface area contributed by atoms with Crippen molar-refractivity contribution in [3.8, 4) is 5.88 Å². The van der Waals surface area contributed by atoms with E-state index in [-0.39, 0.29) is 19.4 Å². The van der Waals surface area contributed by atoms with Crippen LogP contribution in [-0.2, 0) is 19.1 Å². The minimum atomic E-state index is -1.12. The Hall–Kier alpha value is -2.87. The van der Waals surface area contributed by atoms with Crippen LogP contribution in [0.1, 0.15) is 54.4 Å². The maximum atomic E-state index is 13.6. The summed E-state index contributed by atoms with van der Waals surface area (Å²) in [6, 6.07) is 6.06. The minimum absolute atomic E-state index is 0.0718. The third-order valence-corrected chi connectivity index (χ3v) is 6.17. The molecule has 1 N–H and O–H groups in total. The van der Waals surface area contributed by atoms with Crippen molar-refractivity contribution in [3.63, 3.8) is 0 Å². The first-order valence-electron chi connectivity index (χ1n) is 11.6. The zero-order valence-electron chi connectivity index (χ0n) is 21.0. The molecule has 190 valence electrons. The number of carboxylic acids is 1. The number of nitrogens with zero attached hydrogens (tertiary/aromatic N) is 2. The highest BCUT2D eigenvalue weighted by Crippen LogP contribution is 2.35. The van der Waals surface area contributed by atoms with Crippen molar-refractivity contribution in [1.82, 2.24) is 9.88 Å². The molecule has 35 heavy (non-hydrogen) atoms. The van der Waals surface area contributed by atoms with E-state index in [1.54, 1.807) is 45.2 Å². The highest BCUT2D eigenvalue weighted by Gasteiger charge is 2.46. The molecule has 1 aromatic heterocycles. The van der Waals surface area contributed by atoms with Crippen LogP contribution in [0.15, 0.2) is 30.5 Å². The Bertz CT molecular complexity index is 1120. The topological polar surface area (TPSA) is 106 Å². The van der Waals surface area contributed by atoms with E-state index in [4.69, 9.17) is 21.1 Å². The van der Waals surface area contributed by atoms with Crippen molar-refractivity contribution in [3.05, 3.63) is 35.5 Å². The van der Waals surface area contributed by atoms with Gasteiger partial charge < -0.3 is 19.5 Å². The van der Waals surface area contributed by atoms with Crippen molar-refractivity contribution in [2.45, 2.75) is 72.1 Å². The number of fused-ring (bicyclic) bond motifs is 1. The second kappa shape index (κ2) is 10.0. The van der Waals surface area contributed by atoms with Gasteiger partial charge in [-0.3, -0.25) is 9.59 Å². The fourth-order valence-electron chi connectivity index (χ4n) is 4.25. The Balaban J connectivity index is 1.83. The minimum Gasteiger partial charge on any atom is -0.480 e. The van der Waals surface area contributed by atoms with Crippen molar-refractivity contribution in [2.24, 2.45) is 11.3 Å². The van der Waals surface area contributed by atoms with Crippen LogP contribution in [0.5, 0.6) is 5.88 Å². The number of hydrogen-bond acceptors (Lipinski definition) is 6. The molecular formula is C26H33ClN2O6. The molecule has 2 aromatic rings. The highest BCUT2D eigenvalue weighted by atomic mass is 35.5. The second-order valence-corrected chi connectivity index (χ2v) is 11.4. The molecule has 0 saturated carbocycles. The summed E-state index contributed by atoms with van der Waals surface area (Å²) in [4.78, 5) is 43.9. The van der Waals surface area contributed by atoms with Gasteiger partial charge in [0.2, 0.25) is 11.8 Å². The van der Waals surface area contributed by atoms with Gasteiger partial charge in [0.15, 0.2) is 0 Å². The molecular weight excluding hydrogens is 472 g/mol. The molecule has 0 bridgehead atoms. The van der Waals surface area contributed by atoms with Crippen LogP contribution in [0, 0.1) is 11.3 Å². The maximum Gasteiger partial charge on any atom is 0.326 e. The molecule has 3 atom stereocenters. The Kier molecular flexibility index (Phi) is 7.65. The van der Waals surface area contributed by atoms with Crippen LogP contribution < -0.4 is 4.74 Å². The zero-order chi connectivity index (χ0) is 26.1. The summed E-state index contributed by atoms with van der Waals surface area (Å²) in [5.41, 5.74) is -1.28. The molecule has 1 aromatic carbocycles. The van der Waals surface area contributed by atoms with Gasteiger partial charge in [0, 0.05) is 23.0 Å². The fourth-order valence-corrected chi connectivity index (χ4v) is 4.43. The molecule has 0 aliphatic carbocycles. The van der Waals surface area contributed by atoms with Crippen LogP contribution >= 0.6 is 11.6 Å². The van der Waals surface area contributed by atoms with Gasteiger partial charge in [-0.1, -0.05) is 32.4 Å². The number of aromatic nitrogens is 1. The number of halogens is 1. The lowest BCUT2D eigenvalue weighted by Crippen LogP contribution is -2.47. The lowest BCUT2D eigenvalue weighted by Gasteiger charge is -2.34. The lowest BCUT2D eigenvalue weighted by atomic mass is 9.77. The Morgan fingerprint density at radius 2 is 1.86 bits per heavy atom. The molecule has 1 aliphatic heterocycles. The quantitative estimate of drug-likeness (QED) is 0.567. The molecule has 1 amide bonds. The molecule has 3 rings (SSSR count). The standard InChI is InChI=1S/C26H33ClN2O6/c1-25(2,3)19(13-21(30)35-26(4,5)6)23(31)29-14-17(12-20(29)24(32)33)34-22-18-8-7-16(27)11-15(18)9-10-28-22/h7-11,17,19-20H,12-14H2,1-6H3,(H,32,33)/t17-,19-,20+/m1/s1. The van der Waals surface area contributed by atoms with Crippen molar-refractivity contribution >= 4 is 40.2 Å². The number of rotatable bonds is 6. The number of pyridine rings is 1. The predicted octanol–water partition coefficient (Wildman–Crippen LogP) is 4.72. The Morgan fingerprint density at radius 1 is 1.17 bits per heavy atom. The Morgan fingerprint density at radius 3 is 2.46 bits per heavy atom. The molecule has 9 heteroatoms. The van der Waals surface area contributed by atoms with Crippen molar-refractivity contribution in [2.75, 3.05) is 6.54 Å². The van der Waals surface area contributed by atoms with E-state index in [0.29, 0.717) is 10.9 Å². The van der Waals surface area contributed by atoms with Gasteiger partial charge >= 0.3 is 11.9 Å². The van der Waals surface area contributed by atoms with Gasteiger partial charge in [0.25, 0.3) is 0 Å². The molecule has 2 heterocycles. The third-order valence-electron chi connectivity index (χ3n) is 5.93. The maximum absolute atomic E-state index is 13.6. The number of carbonyl (C=O) groups is 3. The zero-order valence-corrected chi connectivity index (χ0v) is 21.8.